The molecule has 0 aliphatic carbocycles. The van der Waals surface area contributed by atoms with Gasteiger partial charge in [0.25, 0.3) is 0 Å². The molecule has 5 heterocycles. The van der Waals surface area contributed by atoms with Gasteiger partial charge in [-0.25, -0.2) is 19.4 Å². The van der Waals surface area contributed by atoms with E-state index in [1.54, 1.807) is 35.0 Å². The Morgan fingerprint density at radius 1 is 0.812 bits per heavy atom. The first kappa shape index (κ1) is 43.3. The van der Waals surface area contributed by atoms with E-state index >= 15 is 14.4 Å². The molecule has 11 rings (SSSR count). The number of cyclic esters (lactones) is 1. The number of anilines is 2. The first-order valence-electron chi connectivity index (χ1n) is 22.2. The zero-order valence-electron chi connectivity index (χ0n) is 36.8. The summed E-state index contributed by atoms with van der Waals surface area (Å²) in [5.41, 5.74) is 2.78. The van der Waals surface area contributed by atoms with Crippen molar-refractivity contribution < 1.29 is 38.5 Å². The Bertz CT molecular complexity index is 3320. The molecular formula is C53H41N7O8S. The SMILES string of the molecule is COCCOC(=O)N1C(=O)[C@@]2(c3cc(C#CCn4nnc5ccccc54)ccc31)[C@H](C(=O)Nc1nc3ccccc3s1)[C@H]1C(=O)O[C@H](c3ccccc3)[C@H](c3ccccc3)N1[C@@H]2c1ccc(O)cc1. The maximum absolute atomic E-state index is 16.4. The molecule has 2 saturated heterocycles. The third-order valence-corrected chi connectivity index (χ3v) is 14.0. The Morgan fingerprint density at radius 3 is 2.28 bits per heavy atom. The number of methoxy groups -OCH3 is 1. The molecule has 0 radical (unpaired) electrons. The number of imide groups is 1. The average Bonchev–Trinajstić information content (AvgIpc) is 4.13. The van der Waals surface area contributed by atoms with E-state index in [0.717, 1.165) is 20.7 Å². The molecule has 16 heteroatoms. The third-order valence-electron chi connectivity index (χ3n) is 13.1. The van der Waals surface area contributed by atoms with Gasteiger partial charge < -0.3 is 24.6 Å². The van der Waals surface area contributed by atoms with Crippen molar-refractivity contribution in [1.82, 2.24) is 24.9 Å². The van der Waals surface area contributed by atoms with E-state index in [-0.39, 0.29) is 41.9 Å². The maximum Gasteiger partial charge on any atom is 0.421 e. The first-order chi connectivity index (χ1) is 33.8. The number of morpholine rings is 1. The average molecular weight is 936 g/mol. The van der Waals surface area contributed by atoms with Gasteiger partial charge in [-0.3, -0.25) is 19.3 Å². The molecule has 2 N–H and O–H groups in total. The van der Waals surface area contributed by atoms with Crippen molar-refractivity contribution in [1.29, 1.82) is 0 Å². The molecule has 3 aliphatic heterocycles. The van der Waals surface area contributed by atoms with Gasteiger partial charge in [-0.15, -0.1) is 5.10 Å². The summed E-state index contributed by atoms with van der Waals surface area (Å²) in [4.78, 5) is 69.7. The quantitative estimate of drug-likeness (QED) is 0.0814. The van der Waals surface area contributed by atoms with Gasteiger partial charge in [0, 0.05) is 12.7 Å². The van der Waals surface area contributed by atoms with Crippen LogP contribution in [0.3, 0.4) is 0 Å². The molecule has 0 unspecified atom stereocenters. The minimum absolute atomic E-state index is 0.0476. The van der Waals surface area contributed by atoms with Gasteiger partial charge in [-0.05, 0) is 76.9 Å². The van der Waals surface area contributed by atoms with Crippen molar-refractivity contribution in [3.63, 3.8) is 0 Å². The molecular weight excluding hydrogens is 895 g/mol. The number of aromatic nitrogens is 4. The molecule has 2 aromatic heterocycles. The van der Waals surface area contributed by atoms with E-state index in [1.807, 2.05) is 114 Å². The van der Waals surface area contributed by atoms with Crippen LogP contribution in [0.5, 0.6) is 5.75 Å². The second-order valence-corrected chi connectivity index (χ2v) is 17.9. The second kappa shape index (κ2) is 17.8. The zero-order valence-corrected chi connectivity index (χ0v) is 37.7. The number of hydrogen-bond acceptors (Lipinski definition) is 13. The summed E-state index contributed by atoms with van der Waals surface area (Å²) in [6.45, 7) is 0.0388. The van der Waals surface area contributed by atoms with E-state index in [4.69, 9.17) is 19.2 Å². The van der Waals surface area contributed by atoms with Gasteiger partial charge in [0.2, 0.25) is 11.8 Å². The standard InChI is InChI=1S/C53H41N7O8S/c1-66-29-30-67-52(65)59-40-27-22-32(13-12-28-58-41-20-10-8-18-38(41)56-57-58)31-37(40)53(50(59)64)43(48(62)55-51-54-39-19-9-11-21-42(39)69-51)45-49(63)68-46(34-16-6-3-7-17-34)44(33-14-4-2-5-15-33)60(45)47(53)35-23-25-36(61)26-24-35/h2-11,14-27,31,43-47,61H,28-30H2,1H3,(H,54,55,62)/t43-,44-,45-,46+,47+,53-/m0/s1. The van der Waals surface area contributed by atoms with Crippen molar-refractivity contribution in [2.45, 2.75) is 36.2 Å². The zero-order chi connectivity index (χ0) is 47.2. The van der Waals surface area contributed by atoms with Gasteiger partial charge >= 0.3 is 12.1 Å². The summed E-state index contributed by atoms with van der Waals surface area (Å²) in [7, 11) is 1.46. The predicted molar refractivity (Wildman–Crippen MR) is 256 cm³/mol. The van der Waals surface area contributed by atoms with E-state index in [2.05, 4.69) is 27.5 Å². The second-order valence-electron chi connectivity index (χ2n) is 16.8. The Morgan fingerprint density at radius 2 is 1.52 bits per heavy atom. The number of rotatable bonds is 9. The molecule has 0 saturated carbocycles. The van der Waals surface area contributed by atoms with E-state index in [1.165, 1.54) is 30.6 Å². The van der Waals surface area contributed by atoms with Crippen molar-refractivity contribution in [3.8, 4) is 17.6 Å². The summed E-state index contributed by atoms with van der Waals surface area (Å²) in [5.74, 6) is 2.50. The molecule has 2 fully saturated rings. The maximum atomic E-state index is 16.4. The van der Waals surface area contributed by atoms with Crippen LogP contribution in [0.1, 0.15) is 46.0 Å². The van der Waals surface area contributed by atoms with Crippen LogP contribution in [0.25, 0.3) is 21.3 Å². The fraction of sp³-hybridized carbons (Fsp3) is 0.189. The molecule has 342 valence electrons. The smallest absolute Gasteiger partial charge is 0.421 e. The number of para-hydroxylation sites is 2. The van der Waals surface area contributed by atoms with Crippen LogP contribution in [-0.4, -0.2) is 80.2 Å². The minimum atomic E-state index is -2.09. The number of esters is 1. The third kappa shape index (κ3) is 7.35. The van der Waals surface area contributed by atoms with Crippen LogP contribution < -0.4 is 10.2 Å². The Labute approximate surface area is 398 Å². The van der Waals surface area contributed by atoms with Crippen molar-refractivity contribution in [3.05, 3.63) is 179 Å². The number of thiazole rings is 1. The fourth-order valence-electron chi connectivity index (χ4n) is 10.3. The number of phenols is 1. The highest BCUT2D eigenvalue weighted by Gasteiger charge is 2.76. The number of carbonyl (C=O) groups excluding carboxylic acids is 4. The Kier molecular flexibility index (Phi) is 11.2. The lowest BCUT2D eigenvalue weighted by atomic mass is 9.65. The molecule has 69 heavy (non-hydrogen) atoms. The monoisotopic (exact) mass is 935 g/mol. The number of benzene rings is 6. The highest BCUT2D eigenvalue weighted by atomic mass is 32.1. The van der Waals surface area contributed by atoms with Gasteiger partial charge in [0.15, 0.2) is 5.13 Å². The van der Waals surface area contributed by atoms with Crippen molar-refractivity contribution >= 4 is 67.3 Å². The lowest BCUT2D eigenvalue weighted by molar-refractivity contribution is -0.177. The molecule has 6 atom stereocenters. The Balaban J connectivity index is 1.17. The number of nitrogens with one attached hydrogen (secondary N) is 1. The summed E-state index contributed by atoms with van der Waals surface area (Å²) in [5, 5.41) is 22.6. The number of nitrogens with zero attached hydrogens (tertiary/aromatic N) is 6. The molecule has 15 nitrogen and oxygen atoms in total. The summed E-state index contributed by atoms with van der Waals surface area (Å²) in [6.07, 6.45) is -1.94. The molecule has 3 amide bonds. The summed E-state index contributed by atoms with van der Waals surface area (Å²) < 4.78 is 19.9. The van der Waals surface area contributed by atoms with Gasteiger partial charge in [-0.2, -0.15) is 0 Å². The highest BCUT2D eigenvalue weighted by Crippen LogP contribution is 2.66. The molecule has 8 aromatic rings. The summed E-state index contributed by atoms with van der Waals surface area (Å²) in [6, 6.07) is 41.6. The van der Waals surface area contributed by atoms with E-state index in [0.29, 0.717) is 27.7 Å². The number of hydrogen-bond donors (Lipinski definition) is 2. The number of carbonyl (C=O) groups is 4. The van der Waals surface area contributed by atoms with Gasteiger partial charge in [0.1, 0.15) is 42.0 Å². The number of amides is 3. The van der Waals surface area contributed by atoms with Gasteiger partial charge in [-0.1, -0.05) is 125 Å². The van der Waals surface area contributed by atoms with Crippen LogP contribution in [0.15, 0.2) is 152 Å². The molecule has 0 bridgehead atoms. The number of fused-ring (bicyclic) bond motifs is 5. The van der Waals surface area contributed by atoms with Crippen LogP contribution in [-0.2, 0) is 40.6 Å². The van der Waals surface area contributed by atoms with E-state index < -0.39 is 59.4 Å². The first-order valence-corrected chi connectivity index (χ1v) is 23.0. The van der Waals surface area contributed by atoms with E-state index in [9.17, 15) is 9.90 Å². The Hall–Kier alpha value is -8.23. The lowest BCUT2D eigenvalue weighted by Gasteiger charge is -2.46. The largest absolute Gasteiger partial charge is 0.508 e. The molecule has 1 spiro atoms. The van der Waals surface area contributed by atoms with Gasteiger partial charge in [0.05, 0.1) is 46.0 Å². The molecule has 6 aromatic carbocycles. The minimum Gasteiger partial charge on any atom is -0.508 e. The predicted octanol–water partition coefficient (Wildman–Crippen LogP) is 7.89. The molecule has 3 aliphatic rings. The fourth-order valence-corrected chi connectivity index (χ4v) is 11.1. The normalized spacial score (nSPS) is 21.7. The van der Waals surface area contributed by atoms with Crippen molar-refractivity contribution in [2.24, 2.45) is 5.92 Å². The van der Waals surface area contributed by atoms with Crippen LogP contribution >= 0.6 is 11.3 Å². The number of aromatic hydroxyl groups is 1. The van der Waals surface area contributed by atoms with Crippen LogP contribution in [0, 0.1) is 17.8 Å². The number of phenolic OH excluding ortho intramolecular Hbond substituents is 1. The number of ether oxygens (including phenoxy) is 3. The van der Waals surface area contributed by atoms with Crippen LogP contribution in [0.4, 0.5) is 15.6 Å². The summed E-state index contributed by atoms with van der Waals surface area (Å²) >= 11 is 1.24. The lowest BCUT2D eigenvalue weighted by Crippen LogP contribution is -2.54. The highest BCUT2D eigenvalue weighted by molar-refractivity contribution is 7.22. The topological polar surface area (TPSA) is 178 Å². The van der Waals surface area contributed by atoms with Crippen molar-refractivity contribution in [2.75, 3.05) is 30.5 Å². The van der Waals surface area contributed by atoms with Crippen LogP contribution in [0.2, 0.25) is 0 Å².